The number of hydrogen-bond donors (Lipinski definition) is 1. The van der Waals surface area contributed by atoms with Crippen LogP contribution in [0, 0.1) is 5.92 Å². The van der Waals surface area contributed by atoms with E-state index in [1.165, 1.54) is 0 Å². The van der Waals surface area contributed by atoms with E-state index in [1.807, 2.05) is 49.3 Å². The van der Waals surface area contributed by atoms with Gasteiger partial charge >= 0.3 is 0 Å². The second-order valence-electron chi connectivity index (χ2n) is 6.72. The van der Waals surface area contributed by atoms with Crippen molar-refractivity contribution in [2.24, 2.45) is 11.7 Å². The number of halogens is 1. The average molecular weight is 396 g/mol. The number of hydrogen-bond acceptors (Lipinski definition) is 4. The second kappa shape index (κ2) is 8.39. The predicted octanol–water partition coefficient (Wildman–Crippen LogP) is 2.54. The first-order valence-corrected chi connectivity index (χ1v) is 9.90. The van der Waals surface area contributed by atoms with E-state index in [1.54, 1.807) is 16.4 Å². The Morgan fingerprint density at radius 1 is 1.04 bits per heavy atom. The molecule has 2 N–H and O–H groups in total. The first kappa shape index (κ1) is 20.7. The molecule has 5 nitrogen and oxygen atoms in total. The van der Waals surface area contributed by atoms with Crippen LogP contribution in [0.15, 0.2) is 59.5 Å². The van der Waals surface area contributed by atoms with E-state index in [9.17, 15) is 8.42 Å². The van der Waals surface area contributed by atoms with E-state index in [0.29, 0.717) is 24.5 Å². The Hall–Kier alpha value is -1.60. The number of sulfonamides is 1. The minimum atomic E-state index is -3.51. The maximum atomic E-state index is 13.0. The summed E-state index contributed by atoms with van der Waals surface area (Å²) in [4.78, 5) is 2.28. The SMILES string of the molecule is CN(C)c1ccc(S(=O)(=O)N2C[C@@H](CN)[C@H](c3ccccc3)C2)cc1.Cl. The third-order valence-corrected chi connectivity index (χ3v) is 6.77. The molecule has 1 fully saturated rings. The van der Waals surface area contributed by atoms with Crippen molar-refractivity contribution in [1.29, 1.82) is 0 Å². The molecule has 2 aromatic rings. The van der Waals surface area contributed by atoms with Gasteiger partial charge in [0.25, 0.3) is 0 Å². The Labute approximate surface area is 162 Å². The molecule has 1 heterocycles. The highest BCUT2D eigenvalue weighted by molar-refractivity contribution is 7.89. The molecule has 2 atom stereocenters. The minimum absolute atomic E-state index is 0. The van der Waals surface area contributed by atoms with Crippen molar-refractivity contribution in [2.75, 3.05) is 38.6 Å². The van der Waals surface area contributed by atoms with Gasteiger partial charge in [-0.25, -0.2) is 8.42 Å². The van der Waals surface area contributed by atoms with Gasteiger partial charge in [0, 0.05) is 38.8 Å². The summed E-state index contributed by atoms with van der Waals surface area (Å²) in [5.74, 6) is 0.278. The largest absolute Gasteiger partial charge is 0.378 e. The molecule has 0 unspecified atom stereocenters. The number of anilines is 1. The van der Waals surface area contributed by atoms with Crippen LogP contribution in [0.3, 0.4) is 0 Å². The summed E-state index contributed by atoms with van der Waals surface area (Å²) in [6.45, 7) is 1.42. The number of nitrogens with zero attached hydrogens (tertiary/aromatic N) is 2. The summed E-state index contributed by atoms with van der Waals surface area (Å²) in [6.07, 6.45) is 0. The molecule has 0 radical (unpaired) electrons. The molecule has 0 aliphatic carbocycles. The van der Waals surface area contributed by atoms with Crippen molar-refractivity contribution in [2.45, 2.75) is 10.8 Å². The Bertz CT molecular complexity index is 810. The first-order valence-electron chi connectivity index (χ1n) is 8.46. The van der Waals surface area contributed by atoms with Crippen molar-refractivity contribution < 1.29 is 8.42 Å². The van der Waals surface area contributed by atoms with E-state index in [4.69, 9.17) is 5.73 Å². The van der Waals surface area contributed by atoms with Gasteiger partial charge in [0.2, 0.25) is 10.0 Å². The molecule has 0 spiro atoms. The highest BCUT2D eigenvalue weighted by Crippen LogP contribution is 2.35. The lowest BCUT2D eigenvalue weighted by atomic mass is 9.89. The first-order chi connectivity index (χ1) is 11.9. The lowest BCUT2D eigenvalue weighted by Crippen LogP contribution is -2.30. The number of benzene rings is 2. The minimum Gasteiger partial charge on any atom is -0.378 e. The maximum Gasteiger partial charge on any atom is 0.243 e. The zero-order chi connectivity index (χ0) is 18.0. The molecule has 1 aliphatic rings. The zero-order valence-corrected chi connectivity index (χ0v) is 16.7. The van der Waals surface area contributed by atoms with Crippen LogP contribution in [0.5, 0.6) is 0 Å². The molecule has 3 rings (SSSR count). The van der Waals surface area contributed by atoms with E-state index in [0.717, 1.165) is 11.3 Å². The highest BCUT2D eigenvalue weighted by atomic mass is 35.5. The van der Waals surface area contributed by atoms with Gasteiger partial charge in [0.05, 0.1) is 4.90 Å². The fourth-order valence-electron chi connectivity index (χ4n) is 3.41. The monoisotopic (exact) mass is 395 g/mol. The van der Waals surface area contributed by atoms with E-state index >= 15 is 0 Å². The molecule has 7 heteroatoms. The van der Waals surface area contributed by atoms with E-state index in [2.05, 4.69) is 12.1 Å². The fourth-order valence-corrected chi connectivity index (χ4v) is 4.93. The van der Waals surface area contributed by atoms with E-state index < -0.39 is 10.0 Å². The predicted molar refractivity (Wildman–Crippen MR) is 109 cm³/mol. The third-order valence-electron chi connectivity index (χ3n) is 4.93. The second-order valence-corrected chi connectivity index (χ2v) is 8.66. The molecule has 26 heavy (non-hydrogen) atoms. The van der Waals surface area contributed by atoms with Gasteiger partial charge in [-0.15, -0.1) is 12.4 Å². The van der Waals surface area contributed by atoms with Gasteiger partial charge in [-0.2, -0.15) is 4.31 Å². The molecule has 142 valence electrons. The van der Waals surface area contributed by atoms with Crippen LogP contribution in [0.2, 0.25) is 0 Å². The molecular formula is C19H26ClN3O2S. The van der Waals surface area contributed by atoms with Crippen LogP contribution in [-0.4, -0.2) is 46.5 Å². The molecule has 0 saturated carbocycles. The Balaban J connectivity index is 0.00000243. The normalized spacial score (nSPS) is 20.6. The molecular weight excluding hydrogens is 370 g/mol. The molecule has 1 aliphatic heterocycles. The lowest BCUT2D eigenvalue weighted by molar-refractivity contribution is 0.459. The Morgan fingerprint density at radius 3 is 2.19 bits per heavy atom. The van der Waals surface area contributed by atoms with Crippen molar-refractivity contribution in [3.05, 3.63) is 60.2 Å². The highest BCUT2D eigenvalue weighted by Gasteiger charge is 2.39. The van der Waals surface area contributed by atoms with Crippen LogP contribution in [0.4, 0.5) is 5.69 Å². The summed E-state index contributed by atoms with van der Waals surface area (Å²) >= 11 is 0. The van der Waals surface area contributed by atoms with Crippen LogP contribution in [0.1, 0.15) is 11.5 Å². The maximum absolute atomic E-state index is 13.0. The third kappa shape index (κ3) is 4.04. The van der Waals surface area contributed by atoms with Crippen LogP contribution in [0.25, 0.3) is 0 Å². The van der Waals surface area contributed by atoms with Crippen LogP contribution in [-0.2, 0) is 10.0 Å². The molecule has 0 aromatic heterocycles. The topological polar surface area (TPSA) is 66.6 Å². The zero-order valence-electron chi connectivity index (χ0n) is 15.1. The average Bonchev–Trinajstić information content (AvgIpc) is 3.08. The summed E-state index contributed by atoms with van der Waals surface area (Å²) in [6, 6.07) is 17.1. The quantitative estimate of drug-likeness (QED) is 0.844. The Morgan fingerprint density at radius 2 is 1.65 bits per heavy atom. The summed E-state index contributed by atoms with van der Waals surface area (Å²) in [7, 11) is 0.356. The van der Waals surface area contributed by atoms with Gasteiger partial charge in [-0.05, 0) is 42.3 Å². The van der Waals surface area contributed by atoms with Gasteiger partial charge in [-0.3, -0.25) is 0 Å². The smallest absolute Gasteiger partial charge is 0.243 e. The Kier molecular flexibility index (Phi) is 6.69. The lowest BCUT2D eigenvalue weighted by Gasteiger charge is -2.18. The van der Waals surface area contributed by atoms with Crippen molar-refractivity contribution in [3.63, 3.8) is 0 Å². The fraction of sp³-hybridized carbons (Fsp3) is 0.368. The van der Waals surface area contributed by atoms with Crippen molar-refractivity contribution in [3.8, 4) is 0 Å². The van der Waals surface area contributed by atoms with E-state index in [-0.39, 0.29) is 24.2 Å². The van der Waals surface area contributed by atoms with Crippen LogP contribution >= 0.6 is 12.4 Å². The number of nitrogens with two attached hydrogens (primary N) is 1. The number of rotatable bonds is 5. The van der Waals surface area contributed by atoms with Gasteiger partial charge in [0.15, 0.2) is 0 Å². The summed E-state index contributed by atoms with van der Waals surface area (Å²) < 4.78 is 27.6. The summed E-state index contributed by atoms with van der Waals surface area (Å²) in [5, 5.41) is 0. The molecule has 0 bridgehead atoms. The standard InChI is InChI=1S/C19H25N3O2S.ClH/c1-21(2)17-8-10-18(11-9-17)25(23,24)22-13-16(12-20)19(14-22)15-6-4-3-5-7-15;/h3-11,16,19H,12-14,20H2,1-2H3;1H/t16-,19+;/m1./s1. The molecule has 1 saturated heterocycles. The van der Waals surface area contributed by atoms with Gasteiger partial charge in [0.1, 0.15) is 0 Å². The summed E-state index contributed by atoms with van der Waals surface area (Å²) in [5.41, 5.74) is 8.06. The van der Waals surface area contributed by atoms with Crippen molar-refractivity contribution >= 4 is 28.1 Å². The van der Waals surface area contributed by atoms with Crippen LogP contribution < -0.4 is 10.6 Å². The molecule has 2 aromatic carbocycles. The van der Waals surface area contributed by atoms with Crippen molar-refractivity contribution in [1.82, 2.24) is 4.31 Å². The molecule has 0 amide bonds. The van der Waals surface area contributed by atoms with Gasteiger partial charge in [-0.1, -0.05) is 30.3 Å². The van der Waals surface area contributed by atoms with Gasteiger partial charge < -0.3 is 10.6 Å².